The van der Waals surface area contributed by atoms with Crippen LogP contribution in [0.3, 0.4) is 0 Å². The maximum absolute atomic E-state index is 10.3. The zero-order chi connectivity index (χ0) is 16.1. The molecule has 0 aliphatic rings. The van der Waals surface area contributed by atoms with Gasteiger partial charge in [0.25, 0.3) is 0 Å². The van der Waals surface area contributed by atoms with E-state index in [9.17, 15) is 5.11 Å². The van der Waals surface area contributed by atoms with Gasteiger partial charge in [0.1, 0.15) is 19.4 Å². The number of imidazole rings is 1. The Morgan fingerprint density at radius 3 is 2.50 bits per heavy atom. The second-order valence-corrected chi connectivity index (χ2v) is 6.69. The van der Waals surface area contributed by atoms with Crippen LogP contribution in [0.1, 0.15) is 26.3 Å². The van der Waals surface area contributed by atoms with Gasteiger partial charge in [-0.25, -0.2) is 4.98 Å². The number of aromatic hydroxyl groups is 1. The van der Waals surface area contributed by atoms with Gasteiger partial charge < -0.3 is 9.67 Å². The Morgan fingerprint density at radius 1 is 1.14 bits per heavy atom. The Balaban J connectivity index is 2.28. The molecule has 0 unspecified atom stereocenters. The number of aryl methyl sites for hydroxylation is 1. The van der Waals surface area contributed by atoms with E-state index in [0.29, 0.717) is 5.46 Å². The molecule has 110 valence electrons. The lowest BCUT2D eigenvalue weighted by Gasteiger charge is -2.20. The maximum atomic E-state index is 10.3. The van der Waals surface area contributed by atoms with Crippen LogP contribution in [0.25, 0.3) is 22.4 Å². The summed E-state index contributed by atoms with van der Waals surface area (Å²) in [7, 11) is 7.95. The molecule has 1 N–H and O–H groups in total. The zero-order valence-electron chi connectivity index (χ0n) is 13.4. The van der Waals surface area contributed by atoms with Gasteiger partial charge in [-0.3, -0.25) is 0 Å². The molecule has 1 aromatic heterocycles. The average molecular weight is 290 g/mol. The van der Waals surface area contributed by atoms with Gasteiger partial charge >= 0.3 is 0 Å². The van der Waals surface area contributed by atoms with Crippen molar-refractivity contribution in [2.24, 2.45) is 7.05 Å². The molecule has 0 bridgehead atoms. The first-order valence-corrected chi connectivity index (χ1v) is 7.34. The van der Waals surface area contributed by atoms with E-state index in [0.717, 1.165) is 28.0 Å². The summed E-state index contributed by atoms with van der Waals surface area (Å²) in [5.74, 6) is 0.946. The summed E-state index contributed by atoms with van der Waals surface area (Å²) >= 11 is 0. The van der Waals surface area contributed by atoms with Crippen LogP contribution in [0, 0.1) is 0 Å². The summed E-state index contributed by atoms with van der Waals surface area (Å²) < 4.78 is 1.97. The molecule has 3 nitrogen and oxygen atoms in total. The lowest BCUT2D eigenvalue weighted by atomic mass is 9.86. The lowest BCUT2D eigenvalue weighted by molar-refractivity contribution is 0.475. The monoisotopic (exact) mass is 290 g/mol. The van der Waals surface area contributed by atoms with Crippen molar-refractivity contribution in [1.82, 2.24) is 9.55 Å². The van der Waals surface area contributed by atoms with Crippen LogP contribution >= 0.6 is 0 Å². The number of hydrogen-bond acceptors (Lipinski definition) is 2. The van der Waals surface area contributed by atoms with E-state index in [4.69, 9.17) is 7.85 Å². The van der Waals surface area contributed by atoms with E-state index in [-0.39, 0.29) is 11.2 Å². The third-order valence-corrected chi connectivity index (χ3v) is 4.05. The van der Waals surface area contributed by atoms with Gasteiger partial charge in [0, 0.05) is 7.05 Å². The number of aromatic nitrogens is 2. The highest BCUT2D eigenvalue weighted by Gasteiger charge is 2.19. The van der Waals surface area contributed by atoms with E-state index in [1.807, 2.05) is 41.9 Å². The quantitative estimate of drug-likeness (QED) is 0.700. The van der Waals surface area contributed by atoms with E-state index in [1.54, 1.807) is 6.07 Å². The van der Waals surface area contributed by atoms with Gasteiger partial charge in [0.05, 0.1) is 16.6 Å². The molecule has 1 heterocycles. The standard InChI is InChI=1S/C18H19BN2O/c1-18(2,3)11-8-9-15(22)12(10-11)17-20-16-13(19)6-5-7-14(16)21(17)4/h5-10,22H,1-4H3. The number of fused-ring (bicyclic) bond motifs is 1. The molecule has 0 amide bonds. The first kappa shape index (κ1) is 14.7. The number of para-hydroxylation sites is 1. The second kappa shape index (κ2) is 4.91. The highest BCUT2D eigenvalue weighted by Crippen LogP contribution is 2.34. The van der Waals surface area contributed by atoms with Gasteiger partial charge in [0.2, 0.25) is 0 Å². The van der Waals surface area contributed by atoms with Gasteiger partial charge in [-0.05, 0) is 29.2 Å². The van der Waals surface area contributed by atoms with Gasteiger partial charge in [-0.2, -0.15) is 0 Å². The van der Waals surface area contributed by atoms with Crippen LogP contribution in [0.5, 0.6) is 5.75 Å². The molecule has 22 heavy (non-hydrogen) atoms. The lowest BCUT2D eigenvalue weighted by Crippen LogP contribution is -2.11. The van der Waals surface area contributed by atoms with Crippen molar-refractivity contribution < 1.29 is 5.11 Å². The maximum Gasteiger partial charge on any atom is 0.144 e. The fraction of sp³-hybridized carbons (Fsp3) is 0.278. The van der Waals surface area contributed by atoms with Crippen molar-refractivity contribution in [1.29, 1.82) is 0 Å². The topological polar surface area (TPSA) is 38.1 Å². The van der Waals surface area contributed by atoms with Crippen LogP contribution in [-0.2, 0) is 12.5 Å². The highest BCUT2D eigenvalue weighted by molar-refractivity contribution is 6.38. The van der Waals surface area contributed by atoms with E-state index < -0.39 is 0 Å². The first-order valence-electron chi connectivity index (χ1n) is 7.34. The fourth-order valence-electron chi connectivity index (χ4n) is 2.66. The van der Waals surface area contributed by atoms with Crippen LogP contribution in [0.2, 0.25) is 0 Å². The Morgan fingerprint density at radius 2 is 1.86 bits per heavy atom. The molecule has 3 rings (SSSR count). The van der Waals surface area contributed by atoms with Crippen molar-refractivity contribution in [3.8, 4) is 17.1 Å². The van der Waals surface area contributed by atoms with E-state index in [2.05, 4.69) is 25.8 Å². The van der Waals surface area contributed by atoms with E-state index in [1.165, 1.54) is 0 Å². The first-order chi connectivity index (χ1) is 10.3. The molecule has 0 aliphatic heterocycles. The van der Waals surface area contributed by atoms with Gasteiger partial charge in [0.15, 0.2) is 0 Å². The van der Waals surface area contributed by atoms with Crippen molar-refractivity contribution in [2.75, 3.05) is 0 Å². The predicted octanol–water partition coefficient (Wildman–Crippen LogP) is 3.04. The second-order valence-electron chi connectivity index (χ2n) is 6.69. The molecule has 3 aromatic rings. The van der Waals surface area contributed by atoms with Crippen molar-refractivity contribution in [2.45, 2.75) is 26.2 Å². The molecule has 0 aliphatic carbocycles. The number of phenolic OH excluding ortho intramolecular Hbond substituents is 1. The Kier molecular flexibility index (Phi) is 3.28. The molecular formula is C18H19BN2O. The minimum Gasteiger partial charge on any atom is -0.507 e. The molecule has 2 radical (unpaired) electrons. The molecule has 0 spiro atoms. The Labute approximate surface area is 132 Å². The third kappa shape index (κ3) is 2.29. The zero-order valence-corrected chi connectivity index (χ0v) is 13.4. The molecular weight excluding hydrogens is 271 g/mol. The van der Waals surface area contributed by atoms with Crippen LogP contribution in [0.4, 0.5) is 0 Å². The van der Waals surface area contributed by atoms with Crippen molar-refractivity contribution >= 4 is 24.3 Å². The summed E-state index contributed by atoms with van der Waals surface area (Å²) in [6.07, 6.45) is 0. The number of hydrogen-bond donors (Lipinski definition) is 1. The van der Waals surface area contributed by atoms with Crippen molar-refractivity contribution in [3.05, 3.63) is 42.0 Å². The molecule has 2 aromatic carbocycles. The molecule has 0 saturated carbocycles. The fourth-order valence-corrected chi connectivity index (χ4v) is 2.66. The molecule has 0 saturated heterocycles. The van der Waals surface area contributed by atoms with Crippen LogP contribution in [-0.4, -0.2) is 22.5 Å². The number of rotatable bonds is 1. The predicted molar refractivity (Wildman–Crippen MR) is 91.9 cm³/mol. The van der Waals surface area contributed by atoms with Crippen LogP contribution < -0.4 is 5.46 Å². The normalized spacial score (nSPS) is 12.0. The summed E-state index contributed by atoms with van der Waals surface area (Å²) in [4.78, 5) is 4.64. The highest BCUT2D eigenvalue weighted by atomic mass is 16.3. The van der Waals surface area contributed by atoms with Gasteiger partial charge in [-0.15, -0.1) is 0 Å². The van der Waals surface area contributed by atoms with E-state index >= 15 is 0 Å². The molecule has 0 fully saturated rings. The average Bonchev–Trinajstić information content (AvgIpc) is 2.77. The summed E-state index contributed by atoms with van der Waals surface area (Å²) in [6, 6.07) is 11.4. The third-order valence-electron chi connectivity index (χ3n) is 4.05. The number of nitrogens with zero attached hydrogens (tertiary/aromatic N) is 2. The minimum atomic E-state index is 0.00602. The molecule has 4 heteroatoms. The minimum absolute atomic E-state index is 0.00602. The SMILES string of the molecule is [B]c1cccc2c1nc(-c1cc(C(C)(C)C)ccc1O)n2C. The summed E-state index contributed by atoms with van der Waals surface area (Å²) in [5.41, 5.74) is 4.25. The van der Waals surface area contributed by atoms with Gasteiger partial charge in [-0.1, -0.05) is 44.4 Å². The number of phenols is 1. The Hall–Kier alpha value is -2.23. The largest absolute Gasteiger partial charge is 0.507 e. The number of benzene rings is 2. The summed E-state index contributed by atoms with van der Waals surface area (Å²) in [5, 5.41) is 10.3. The van der Waals surface area contributed by atoms with Crippen LogP contribution in [0.15, 0.2) is 36.4 Å². The molecule has 0 atom stereocenters. The Bertz CT molecular complexity index is 859. The van der Waals surface area contributed by atoms with Crippen molar-refractivity contribution in [3.63, 3.8) is 0 Å². The smallest absolute Gasteiger partial charge is 0.144 e. The summed E-state index contributed by atoms with van der Waals surface area (Å²) in [6.45, 7) is 6.45.